The van der Waals surface area contributed by atoms with Crippen LogP contribution in [0.2, 0.25) is 0 Å². The second kappa shape index (κ2) is 4.98. The van der Waals surface area contributed by atoms with Gasteiger partial charge in [0, 0.05) is 19.5 Å². The summed E-state index contributed by atoms with van der Waals surface area (Å²) in [6.45, 7) is 5.37. The lowest BCUT2D eigenvalue weighted by Gasteiger charge is -2.31. The van der Waals surface area contributed by atoms with Crippen LogP contribution in [0, 0.1) is 5.92 Å². The minimum Gasteiger partial charge on any atom is -0.486 e. The quantitative estimate of drug-likeness (QED) is 0.932. The Morgan fingerprint density at radius 2 is 2.27 bits per heavy atom. The molecule has 1 saturated carbocycles. The number of nitrogens with zero attached hydrogens (tertiary/aromatic N) is 1. The molecule has 1 aromatic rings. The summed E-state index contributed by atoms with van der Waals surface area (Å²) in [5.74, 6) is 0.490. The van der Waals surface area contributed by atoms with Crippen molar-refractivity contribution in [3.63, 3.8) is 0 Å². The van der Waals surface area contributed by atoms with Crippen molar-refractivity contribution in [1.29, 1.82) is 0 Å². The Kier molecular flexibility index (Phi) is 3.19. The molecule has 0 bridgehead atoms. The molecule has 0 amide bonds. The predicted molar refractivity (Wildman–Crippen MR) is 83.4 cm³/mol. The summed E-state index contributed by atoms with van der Waals surface area (Å²) in [7, 11) is 0. The van der Waals surface area contributed by atoms with E-state index in [9.17, 15) is 9.90 Å². The van der Waals surface area contributed by atoms with Crippen LogP contribution in [0.15, 0.2) is 12.1 Å². The maximum absolute atomic E-state index is 11.6. The normalized spacial score (nSPS) is 25.8. The van der Waals surface area contributed by atoms with E-state index in [0.29, 0.717) is 11.3 Å². The van der Waals surface area contributed by atoms with Crippen LogP contribution in [-0.4, -0.2) is 34.7 Å². The summed E-state index contributed by atoms with van der Waals surface area (Å²) in [5, 5.41) is 9.52. The van der Waals surface area contributed by atoms with E-state index in [1.54, 1.807) is 0 Å². The minimum atomic E-state index is -0.872. The fourth-order valence-electron chi connectivity index (χ4n) is 3.96. The molecule has 2 heterocycles. The van der Waals surface area contributed by atoms with Crippen LogP contribution in [0.3, 0.4) is 0 Å². The molecule has 1 N–H and O–H groups in total. The molecule has 0 unspecified atom stereocenters. The molecule has 0 aromatic heterocycles. The largest absolute Gasteiger partial charge is 0.486 e. The van der Waals surface area contributed by atoms with E-state index in [-0.39, 0.29) is 5.60 Å². The predicted octanol–water partition coefficient (Wildman–Crippen LogP) is 3.08. The van der Waals surface area contributed by atoms with Gasteiger partial charge in [0.15, 0.2) is 0 Å². The first-order valence-electron chi connectivity index (χ1n) is 8.35. The highest BCUT2D eigenvalue weighted by Gasteiger charge is 2.51. The van der Waals surface area contributed by atoms with Crippen molar-refractivity contribution < 1.29 is 14.6 Å². The average molecular weight is 301 g/mol. The zero-order valence-electron chi connectivity index (χ0n) is 13.1. The lowest BCUT2D eigenvalue weighted by atomic mass is 9.98. The van der Waals surface area contributed by atoms with Gasteiger partial charge in [-0.15, -0.1) is 0 Å². The first-order chi connectivity index (χ1) is 10.5. The van der Waals surface area contributed by atoms with Crippen molar-refractivity contribution in [2.45, 2.75) is 51.2 Å². The van der Waals surface area contributed by atoms with Crippen molar-refractivity contribution >= 4 is 5.97 Å². The summed E-state index contributed by atoms with van der Waals surface area (Å²) in [5.41, 5.74) is 2.50. The Hall–Kier alpha value is -1.55. The van der Waals surface area contributed by atoms with E-state index in [0.717, 1.165) is 55.9 Å². The molecule has 2 aliphatic heterocycles. The van der Waals surface area contributed by atoms with Crippen molar-refractivity contribution in [3.05, 3.63) is 28.8 Å². The van der Waals surface area contributed by atoms with Gasteiger partial charge in [-0.2, -0.15) is 0 Å². The minimum absolute atomic E-state index is 0.0647. The van der Waals surface area contributed by atoms with E-state index < -0.39 is 5.97 Å². The molecule has 22 heavy (non-hydrogen) atoms. The highest BCUT2D eigenvalue weighted by atomic mass is 16.5. The monoisotopic (exact) mass is 301 g/mol. The van der Waals surface area contributed by atoms with Gasteiger partial charge in [-0.3, -0.25) is 4.90 Å². The van der Waals surface area contributed by atoms with Crippen LogP contribution in [0.4, 0.5) is 0 Å². The number of carbonyl (C=O) groups is 1. The summed E-state index contributed by atoms with van der Waals surface area (Å²) >= 11 is 0. The first kappa shape index (κ1) is 14.1. The Bertz CT molecular complexity index is 621. The van der Waals surface area contributed by atoms with Gasteiger partial charge in [-0.25, -0.2) is 4.79 Å². The van der Waals surface area contributed by atoms with Gasteiger partial charge in [-0.1, -0.05) is 13.0 Å². The average Bonchev–Trinajstić information content (AvgIpc) is 3.09. The van der Waals surface area contributed by atoms with Crippen LogP contribution in [0.1, 0.15) is 54.1 Å². The van der Waals surface area contributed by atoms with Crippen LogP contribution in [0.5, 0.6) is 5.75 Å². The van der Waals surface area contributed by atoms with Gasteiger partial charge in [0.2, 0.25) is 0 Å². The molecule has 1 atom stereocenters. The van der Waals surface area contributed by atoms with E-state index in [2.05, 4.69) is 17.9 Å². The number of likely N-dealkylation sites (tertiary alicyclic amines) is 1. The summed E-state index contributed by atoms with van der Waals surface area (Å²) < 4.78 is 5.97. The number of carboxylic acids is 1. The van der Waals surface area contributed by atoms with E-state index in [1.165, 1.54) is 12.8 Å². The van der Waals surface area contributed by atoms with Gasteiger partial charge in [0.25, 0.3) is 0 Å². The van der Waals surface area contributed by atoms with Crippen LogP contribution in [-0.2, 0) is 13.0 Å². The smallest absolute Gasteiger partial charge is 0.339 e. The Labute approximate surface area is 131 Å². The van der Waals surface area contributed by atoms with Crippen LogP contribution < -0.4 is 4.74 Å². The van der Waals surface area contributed by atoms with Crippen LogP contribution in [0.25, 0.3) is 0 Å². The molecule has 0 radical (unpaired) electrons. The van der Waals surface area contributed by atoms with Crippen molar-refractivity contribution in [3.8, 4) is 5.75 Å². The Balaban J connectivity index is 1.61. The third-order valence-corrected chi connectivity index (χ3v) is 5.24. The highest BCUT2D eigenvalue weighted by Crippen LogP contribution is 2.51. The number of benzene rings is 1. The standard InChI is InChI=1S/C18H23NO3/c1-12-3-2-6-19(10-12)11-13-7-14-9-18(4-5-18)22-16(14)15(8-13)17(20)21/h7-8,12H,2-6,9-11H2,1H3,(H,20,21)/t12-/m0/s1. The number of aromatic carboxylic acids is 1. The SMILES string of the molecule is C[C@H]1CCCN(Cc2cc3c(c(C(=O)O)c2)OC2(CC2)C3)C1. The maximum atomic E-state index is 11.6. The fraction of sp³-hybridized carbons (Fsp3) is 0.611. The third kappa shape index (κ3) is 2.50. The summed E-state index contributed by atoms with van der Waals surface area (Å²) in [6.07, 6.45) is 5.54. The number of piperidine rings is 1. The second-order valence-electron chi connectivity index (χ2n) is 7.38. The van der Waals surface area contributed by atoms with E-state index >= 15 is 0 Å². The van der Waals surface area contributed by atoms with Crippen molar-refractivity contribution in [1.82, 2.24) is 4.90 Å². The molecule has 1 aliphatic carbocycles. The number of fused-ring (bicyclic) bond motifs is 1. The summed E-state index contributed by atoms with van der Waals surface area (Å²) in [4.78, 5) is 14.0. The summed E-state index contributed by atoms with van der Waals surface area (Å²) in [6, 6.07) is 4.00. The Morgan fingerprint density at radius 3 is 2.95 bits per heavy atom. The number of ether oxygens (including phenoxy) is 1. The topological polar surface area (TPSA) is 49.8 Å². The fourth-order valence-corrected chi connectivity index (χ4v) is 3.96. The molecule has 4 nitrogen and oxygen atoms in total. The molecule has 118 valence electrons. The molecule has 2 fully saturated rings. The van der Waals surface area contributed by atoms with E-state index in [4.69, 9.17) is 4.74 Å². The first-order valence-corrected chi connectivity index (χ1v) is 8.35. The number of rotatable bonds is 3. The van der Waals surface area contributed by atoms with Crippen LogP contribution >= 0.6 is 0 Å². The Morgan fingerprint density at radius 1 is 1.45 bits per heavy atom. The third-order valence-electron chi connectivity index (χ3n) is 5.24. The zero-order chi connectivity index (χ0) is 15.3. The number of hydrogen-bond donors (Lipinski definition) is 1. The molecular weight excluding hydrogens is 278 g/mol. The molecule has 3 aliphatic rings. The van der Waals surface area contributed by atoms with E-state index in [1.807, 2.05) is 6.07 Å². The lowest BCUT2D eigenvalue weighted by molar-refractivity contribution is 0.0690. The van der Waals surface area contributed by atoms with Gasteiger partial charge in [0.1, 0.15) is 16.9 Å². The molecule has 4 heteroatoms. The van der Waals surface area contributed by atoms with Gasteiger partial charge in [0.05, 0.1) is 0 Å². The van der Waals surface area contributed by atoms with Gasteiger partial charge < -0.3 is 9.84 Å². The van der Waals surface area contributed by atoms with Crippen molar-refractivity contribution in [2.24, 2.45) is 5.92 Å². The van der Waals surface area contributed by atoms with Crippen molar-refractivity contribution in [2.75, 3.05) is 13.1 Å². The number of hydrogen-bond acceptors (Lipinski definition) is 3. The molecule has 1 aromatic carbocycles. The molecule has 1 spiro atoms. The van der Waals surface area contributed by atoms with Gasteiger partial charge in [-0.05, 0) is 55.3 Å². The zero-order valence-corrected chi connectivity index (χ0v) is 13.1. The number of carboxylic acid groups (broad SMARTS) is 1. The maximum Gasteiger partial charge on any atom is 0.339 e. The second-order valence-corrected chi connectivity index (χ2v) is 7.38. The molecule has 4 rings (SSSR count). The molecular formula is C18H23NO3. The molecule has 1 saturated heterocycles. The lowest BCUT2D eigenvalue weighted by Crippen LogP contribution is -2.33. The highest BCUT2D eigenvalue weighted by molar-refractivity contribution is 5.92. The van der Waals surface area contributed by atoms with Gasteiger partial charge >= 0.3 is 5.97 Å².